The summed E-state index contributed by atoms with van der Waals surface area (Å²) in [5.74, 6) is -1.88. The summed E-state index contributed by atoms with van der Waals surface area (Å²) in [5, 5.41) is 2.37. The number of carbonyl (C=O) groups is 3. The molecular weight excluding hydrogens is 291 g/mol. The second kappa shape index (κ2) is 7.02. The van der Waals surface area contributed by atoms with Gasteiger partial charge in [-0.2, -0.15) is 0 Å². The van der Waals surface area contributed by atoms with Crippen molar-refractivity contribution in [3.05, 3.63) is 29.6 Å². The van der Waals surface area contributed by atoms with Crippen molar-refractivity contribution < 1.29 is 23.5 Å². The molecule has 0 aliphatic carbocycles. The Morgan fingerprint density at radius 1 is 1.50 bits per heavy atom. The lowest BCUT2D eigenvalue weighted by Crippen LogP contribution is -2.43. The van der Waals surface area contributed by atoms with E-state index in [4.69, 9.17) is 4.74 Å². The first-order chi connectivity index (χ1) is 10.6. The van der Waals surface area contributed by atoms with Crippen molar-refractivity contribution >= 4 is 18.1 Å². The van der Waals surface area contributed by atoms with Gasteiger partial charge >= 0.3 is 0 Å². The Balaban J connectivity index is 1.98. The maximum Gasteiger partial charge on any atom is 0.254 e. The predicted molar refractivity (Wildman–Crippen MR) is 76.1 cm³/mol. The van der Waals surface area contributed by atoms with E-state index in [9.17, 15) is 18.8 Å². The van der Waals surface area contributed by atoms with E-state index in [0.29, 0.717) is 13.0 Å². The molecule has 0 unspecified atom stereocenters. The summed E-state index contributed by atoms with van der Waals surface area (Å²) in [4.78, 5) is 36.2. The van der Waals surface area contributed by atoms with Crippen LogP contribution in [0.25, 0.3) is 0 Å². The smallest absolute Gasteiger partial charge is 0.254 e. The zero-order chi connectivity index (χ0) is 16.1. The molecule has 2 amide bonds. The number of amides is 2. The number of hydrogen-bond donors (Lipinski definition) is 1. The molecule has 1 aromatic carbocycles. The minimum Gasteiger partial charge on any atom is -0.494 e. The molecule has 1 aromatic rings. The summed E-state index contributed by atoms with van der Waals surface area (Å²) >= 11 is 0. The number of halogens is 1. The van der Waals surface area contributed by atoms with E-state index >= 15 is 0 Å². The Morgan fingerprint density at radius 2 is 2.27 bits per heavy atom. The van der Waals surface area contributed by atoms with Gasteiger partial charge in [0.2, 0.25) is 5.91 Å². The van der Waals surface area contributed by atoms with Crippen molar-refractivity contribution in [1.29, 1.82) is 0 Å². The number of carbonyl (C=O) groups excluding carboxylic acids is 3. The van der Waals surface area contributed by atoms with Gasteiger partial charge in [0.1, 0.15) is 6.29 Å². The molecule has 1 heterocycles. The molecule has 1 N–H and O–H groups in total. The topological polar surface area (TPSA) is 75.7 Å². The van der Waals surface area contributed by atoms with E-state index in [1.807, 2.05) is 0 Å². The number of benzene rings is 1. The fourth-order valence-electron chi connectivity index (χ4n) is 2.44. The zero-order valence-corrected chi connectivity index (χ0v) is 12.2. The van der Waals surface area contributed by atoms with Crippen LogP contribution in [0.15, 0.2) is 18.2 Å². The van der Waals surface area contributed by atoms with Gasteiger partial charge in [-0.25, -0.2) is 4.39 Å². The summed E-state index contributed by atoms with van der Waals surface area (Å²) in [6.45, 7) is 0.214. The third-order valence-electron chi connectivity index (χ3n) is 3.60. The predicted octanol–water partition coefficient (Wildman–Crippen LogP) is 0.754. The molecule has 0 saturated carbocycles. The van der Waals surface area contributed by atoms with Gasteiger partial charge in [0.05, 0.1) is 25.3 Å². The largest absolute Gasteiger partial charge is 0.494 e. The summed E-state index contributed by atoms with van der Waals surface area (Å²) < 4.78 is 18.7. The number of nitrogens with zero attached hydrogens (tertiary/aromatic N) is 1. The van der Waals surface area contributed by atoms with Crippen LogP contribution in [-0.4, -0.2) is 49.2 Å². The summed E-state index contributed by atoms with van der Waals surface area (Å²) in [6, 6.07) is 3.76. The van der Waals surface area contributed by atoms with E-state index in [2.05, 4.69) is 5.32 Å². The van der Waals surface area contributed by atoms with Gasteiger partial charge in [-0.15, -0.1) is 0 Å². The highest BCUT2D eigenvalue weighted by molar-refractivity contribution is 5.97. The molecule has 0 radical (unpaired) electrons. The Bertz CT molecular complexity index is 591. The maximum atomic E-state index is 13.9. The molecule has 6 nitrogen and oxygen atoms in total. The molecule has 1 aliphatic rings. The van der Waals surface area contributed by atoms with Crippen molar-refractivity contribution in [3.8, 4) is 5.75 Å². The van der Waals surface area contributed by atoms with E-state index < -0.39 is 17.8 Å². The molecule has 2 rings (SSSR count). The molecule has 0 bridgehead atoms. The van der Waals surface area contributed by atoms with Gasteiger partial charge in [-0.05, 0) is 25.0 Å². The molecule has 118 valence electrons. The molecule has 1 atom stereocenters. The maximum absolute atomic E-state index is 13.9. The number of methoxy groups -OCH3 is 1. The van der Waals surface area contributed by atoms with Crippen LogP contribution in [0.5, 0.6) is 5.75 Å². The van der Waals surface area contributed by atoms with Gasteiger partial charge < -0.3 is 19.7 Å². The standard InChI is InChI=1S/C15H17FN2O4/c1-22-12-6-2-5-11(14(12)16)15(21)17-8-13(20)18-7-3-4-10(18)9-19/h2,5-6,9-10H,3-4,7-8H2,1H3,(H,17,21)/t10-/m0/s1. The zero-order valence-electron chi connectivity index (χ0n) is 12.2. The number of aldehydes is 1. The SMILES string of the molecule is COc1cccc(C(=O)NCC(=O)N2CCC[C@H]2C=O)c1F. The number of likely N-dealkylation sites (tertiary alicyclic amines) is 1. The van der Waals surface area contributed by atoms with E-state index in [0.717, 1.165) is 12.7 Å². The second-order valence-electron chi connectivity index (χ2n) is 4.94. The summed E-state index contributed by atoms with van der Waals surface area (Å²) in [5.41, 5.74) is -0.194. The summed E-state index contributed by atoms with van der Waals surface area (Å²) in [6.07, 6.45) is 2.12. The molecule has 22 heavy (non-hydrogen) atoms. The number of ether oxygens (including phenoxy) is 1. The van der Waals surface area contributed by atoms with Crippen molar-refractivity contribution in [2.45, 2.75) is 18.9 Å². The Labute approximate surface area is 127 Å². The van der Waals surface area contributed by atoms with Gasteiger partial charge in [-0.1, -0.05) is 6.07 Å². The number of rotatable bonds is 5. The second-order valence-corrected chi connectivity index (χ2v) is 4.94. The van der Waals surface area contributed by atoms with Crippen molar-refractivity contribution in [3.63, 3.8) is 0 Å². The van der Waals surface area contributed by atoms with Gasteiger partial charge in [0.15, 0.2) is 11.6 Å². The molecule has 1 aliphatic heterocycles. The fourth-order valence-corrected chi connectivity index (χ4v) is 2.44. The van der Waals surface area contributed by atoms with Crippen molar-refractivity contribution in [2.75, 3.05) is 20.2 Å². The van der Waals surface area contributed by atoms with Crippen LogP contribution in [0.4, 0.5) is 4.39 Å². The number of hydrogen-bond acceptors (Lipinski definition) is 4. The molecule has 7 heteroatoms. The highest BCUT2D eigenvalue weighted by Gasteiger charge is 2.28. The highest BCUT2D eigenvalue weighted by Crippen LogP contribution is 2.20. The van der Waals surface area contributed by atoms with Crippen LogP contribution in [0.3, 0.4) is 0 Å². The van der Waals surface area contributed by atoms with Gasteiger partial charge in [0, 0.05) is 6.54 Å². The Kier molecular flexibility index (Phi) is 5.08. The van der Waals surface area contributed by atoms with E-state index in [1.165, 1.54) is 30.2 Å². The lowest BCUT2D eigenvalue weighted by Gasteiger charge is -2.20. The number of nitrogens with one attached hydrogen (secondary N) is 1. The lowest BCUT2D eigenvalue weighted by molar-refractivity contribution is -0.133. The van der Waals surface area contributed by atoms with Crippen molar-refractivity contribution in [2.24, 2.45) is 0 Å². The first-order valence-corrected chi connectivity index (χ1v) is 6.94. The van der Waals surface area contributed by atoms with Crippen LogP contribution in [-0.2, 0) is 9.59 Å². The van der Waals surface area contributed by atoms with Crippen LogP contribution < -0.4 is 10.1 Å². The first kappa shape index (κ1) is 15.9. The first-order valence-electron chi connectivity index (χ1n) is 6.94. The normalized spacial score (nSPS) is 17.2. The minimum atomic E-state index is -0.776. The summed E-state index contributed by atoms with van der Waals surface area (Å²) in [7, 11) is 1.30. The average Bonchev–Trinajstić information content (AvgIpc) is 3.01. The van der Waals surface area contributed by atoms with Crippen LogP contribution in [0.2, 0.25) is 0 Å². The van der Waals surface area contributed by atoms with Crippen LogP contribution >= 0.6 is 0 Å². The van der Waals surface area contributed by atoms with Gasteiger partial charge in [-0.3, -0.25) is 9.59 Å². The monoisotopic (exact) mass is 308 g/mol. The van der Waals surface area contributed by atoms with Gasteiger partial charge in [0.25, 0.3) is 5.91 Å². The minimum absolute atomic E-state index is 0.0421. The molecular formula is C15H17FN2O4. The van der Waals surface area contributed by atoms with E-state index in [-0.39, 0.29) is 23.8 Å². The quantitative estimate of drug-likeness (QED) is 0.815. The average molecular weight is 308 g/mol. The molecule has 0 aromatic heterocycles. The third kappa shape index (κ3) is 3.24. The van der Waals surface area contributed by atoms with Crippen LogP contribution in [0.1, 0.15) is 23.2 Å². The molecule has 0 spiro atoms. The van der Waals surface area contributed by atoms with Crippen LogP contribution in [0, 0.1) is 5.82 Å². The third-order valence-corrected chi connectivity index (χ3v) is 3.60. The Morgan fingerprint density at radius 3 is 2.95 bits per heavy atom. The Hall–Kier alpha value is -2.44. The lowest BCUT2D eigenvalue weighted by atomic mass is 10.2. The van der Waals surface area contributed by atoms with E-state index in [1.54, 1.807) is 0 Å². The van der Waals surface area contributed by atoms with Crippen molar-refractivity contribution in [1.82, 2.24) is 10.2 Å². The molecule has 1 saturated heterocycles. The molecule has 1 fully saturated rings. The fraction of sp³-hybridized carbons (Fsp3) is 0.400. The highest BCUT2D eigenvalue weighted by atomic mass is 19.1.